The van der Waals surface area contributed by atoms with Gasteiger partial charge in [0.15, 0.2) is 0 Å². The van der Waals surface area contributed by atoms with Crippen LogP contribution < -0.4 is 4.90 Å². The summed E-state index contributed by atoms with van der Waals surface area (Å²) in [6.45, 7) is 15.1. The Morgan fingerprint density at radius 2 is 1.86 bits per heavy atom. The lowest BCUT2D eigenvalue weighted by Crippen LogP contribution is -2.35. The van der Waals surface area contributed by atoms with E-state index in [4.69, 9.17) is 18.3 Å². The summed E-state index contributed by atoms with van der Waals surface area (Å²) in [6.07, 6.45) is 4.87. The Morgan fingerprint density at radius 3 is 2.33 bits per heavy atom. The van der Waals surface area contributed by atoms with Gasteiger partial charge >= 0.3 is 11.8 Å². The Balaban J connectivity index is 2.82. The first-order chi connectivity index (χ1) is 9.99. The number of benzene rings is 1. The fraction of sp³-hybridized carbons (Fsp3) is 0.188. The van der Waals surface area contributed by atoms with E-state index >= 15 is 0 Å². The molecule has 0 bridgehead atoms. The highest BCUT2D eigenvalue weighted by atomic mass is 16.4. The summed E-state index contributed by atoms with van der Waals surface area (Å²) < 4.78 is 0. The molecule has 0 saturated heterocycles. The Labute approximate surface area is 124 Å². The molecule has 0 heterocycles. The summed E-state index contributed by atoms with van der Waals surface area (Å²) in [6, 6.07) is 6.75. The van der Waals surface area contributed by atoms with Crippen molar-refractivity contribution in [1.82, 2.24) is 0 Å². The Hall–Kier alpha value is -3.05. The highest BCUT2D eigenvalue weighted by molar-refractivity contribution is 5.77. The maximum absolute atomic E-state index is 10.9. The number of likely N-dealkylation sites (N-methyl/N-ethyl adjacent to an activating group) is 1. The van der Waals surface area contributed by atoms with Crippen molar-refractivity contribution in [1.29, 1.82) is 0 Å². The standard InChI is InChI=1S/C16H15N3O2/c1-12(16(20)21)19(4)14-10-8-13(9-11-14)6-5-7-15(17-2)18-3/h5-12H,1,4H3,(H,20,21)/b6-5+. The van der Waals surface area contributed by atoms with Crippen LogP contribution in [-0.4, -0.2) is 24.2 Å². The lowest BCUT2D eigenvalue weighted by molar-refractivity contribution is -0.138. The molecular formula is C16H15N3O2. The maximum atomic E-state index is 10.9. The van der Waals surface area contributed by atoms with Gasteiger partial charge < -0.3 is 10.0 Å². The second-order valence-corrected chi connectivity index (χ2v) is 4.32. The molecule has 1 rings (SSSR count). The zero-order valence-corrected chi connectivity index (χ0v) is 11.8. The molecule has 1 aromatic rings. The molecule has 0 aliphatic heterocycles. The van der Waals surface area contributed by atoms with Crippen molar-refractivity contribution in [2.75, 3.05) is 11.9 Å². The number of carboxylic acids is 1. The maximum Gasteiger partial charge on any atom is 0.519 e. The molecule has 0 spiro atoms. The smallest absolute Gasteiger partial charge is 0.480 e. The van der Waals surface area contributed by atoms with Crippen LogP contribution >= 0.6 is 0 Å². The normalized spacial score (nSPS) is 11.2. The first-order valence-electron chi connectivity index (χ1n) is 6.18. The monoisotopic (exact) mass is 281 g/mol. The quantitative estimate of drug-likeness (QED) is 0.665. The van der Waals surface area contributed by atoms with Gasteiger partial charge in [-0.25, -0.2) is 4.79 Å². The van der Waals surface area contributed by atoms with E-state index in [1.54, 1.807) is 31.0 Å². The molecule has 106 valence electrons. The summed E-state index contributed by atoms with van der Waals surface area (Å²) in [5, 5.41) is 8.98. The van der Waals surface area contributed by atoms with Crippen molar-refractivity contribution in [3.8, 4) is 0 Å². The number of allylic oxidation sites excluding steroid dienone is 2. The zero-order chi connectivity index (χ0) is 15.8. The fourth-order valence-electron chi connectivity index (χ4n) is 1.55. The Bertz CT molecular complexity index is 630. The lowest BCUT2D eigenvalue weighted by atomic mass is 10.1. The largest absolute Gasteiger partial charge is 0.519 e. The van der Waals surface area contributed by atoms with E-state index in [1.165, 1.54) is 6.08 Å². The van der Waals surface area contributed by atoms with E-state index in [2.05, 4.69) is 9.69 Å². The van der Waals surface area contributed by atoms with Crippen molar-refractivity contribution >= 4 is 17.7 Å². The van der Waals surface area contributed by atoms with Crippen LogP contribution in [0.15, 0.2) is 42.2 Å². The van der Waals surface area contributed by atoms with E-state index in [0.717, 1.165) is 11.3 Å². The molecule has 0 aromatic heterocycles. The lowest BCUT2D eigenvalue weighted by Gasteiger charge is -2.23. The number of anilines is 1. The van der Waals surface area contributed by atoms with Crippen LogP contribution in [0.3, 0.4) is 0 Å². The number of carboxylic acid groups (broad SMARTS) is 1. The van der Waals surface area contributed by atoms with Gasteiger partial charge in [-0.05, 0) is 24.6 Å². The van der Waals surface area contributed by atoms with Gasteiger partial charge in [-0.3, -0.25) is 0 Å². The summed E-state index contributed by atoms with van der Waals surface area (Å²) in [5.41, 5.74) is 1.71. The van der Waals surface area contributed by atoms with E-state index in [0.29, 0.717) is 0 Å². The SMILES string of the molecule is [C-]#[N+]C(=C/C=C/c1ccc(N(C)C(C)C(=O)O)cc1)[N+]#[C-]. The van der Waals surface area contributed by atoms with Gasteiger partial charge in [0.2, 0.25) is 0 Å². The van der Waals surface area contributed by atoms with Crippen molar-refractivity contribution in [2.24, 2.45) is 0 Å². The third kappa shape index (κ3) is 4.52. The third-order valence-corrected chi connectivity index (χ3v) is 3.00. The highest BCUT2D eigenvalue weighted by Crippen LogP contribution is 2.17. The van der Waals surface area contributed by atoms with Crippen LogP contribution in [-0.2, 0) is 4.79 Å². The zero-order valence-electron chi connectivity index (χ0n) is 11.8. The summed E-state index contributed by atoms with van der Waals surface area (Å²) in [4.78, 5) is 18.7. The molecule has 0 radical (unpaired) electrons. The molecule has 1 aromatic carbocycles. The van der Waals surface area contributed by atoms with Crippen LogP contribution in [0.5, 0.6) is 0 Å². The van der Waals surface area contributed by atoms with Gasteiger partial charge in [0, 0.05) is 18.8 Å². The first-order valence-corrected chi connectivity index (χ1v) is 6.18. The molecule has 5 nitrogen and oxygen atoms in total. The van der Waals surface area contributed by atoms with Crippen molar-refractivity contribution < 1.29 is 9.90 Å². The second-order valence-electron chi connectivity index (χ2n) is 4.32. The predicted molar refractivity (Wildman–Crippen MR) is 82.3 cm³/mol. The van der Waals surface area contributed by atoms with Gasteiger partial charge in [-0.2, -0.15) is 9.69 Å². The van der Waals surface area contributed by atoms with E-state index in [9.17, 15) is 4.79 Å². The molecule has 1 unspecified atom stereocenters. The fourth-order valence-corrected chi connectivity index (χ4v) is 1.55. The average Bonchev–Trinajstić information content (AvgIpc) is 2.50. The first kappa shape index (κ1) is 16.0. The number of carbonyl (C=O) groups is 1. The Kier molecular flexibility index (Phi) is 5.73. The van der Waals surface area contributed by atoms with Gasteiger partial charge in [0.25, 0.3) is 0 Å². The minimum absolute atomic E-state index is 0.0119. The summed E-state index contributed by atoms with van der Waals surface area (Å²) >= 11 is 0. The van der Waals surface area contributed by atoms with Crippen molar-refractivity contribution in [3.63, 3.8) is 0 Å². The van der Waals surface area contributed by atoms with Crippen molar-refractivity contribution in [3.05, 3.63) is 70.6 Å². The van der Waals surface area contributed by atoms with Crippen LogP contribution in [0.4, 0.5) is 5.69 Å². The molecule has 0 aliphatic rings. The molecule has 21 heavy (non-hydrogen) atoms. The summed E-state index contributed by atoms with van der Waals surface area (Å²) in [5.74, 6) is -0.865. The summed E-state index contributed by atoms with van der Waals surface area (Å²) in [7, 11) is 1.73. The molecular weight excluding hydrogens is 266 g/mol. The molecule has 1 atom stereocenters. The number of nitrogens with zero attached hydrogens (tertiary/aromatic N) is 3. The van der Waals surface area contributed by atoms with Gasteiger partial charge in [0.1, 0.15) is 19.2 Å². The minimum atomic E-state index is -0.877. The number of rotatable bonds is 5. The van der Waals surface area contributed by atoms with E-state index in [-0.39, 0.29) is 5.82 Å². The molecule has 0 fully saturated rings. The molecule has 0 amide bonds. The van der Waals surface area contributed by atoms with E-state index < -0.39 is 12.0 Å². The third-order valence-electron chi connectivity index (χ3n) is 3.00. The van der Waals surface area contributed by atoms with Crippen LogP contribution in [0.2, 0.25) is 0 Å². The predicted octanol–water partition coefficient (Wildman–Crippen LogP) is 3.29. The average molecular weight is 281 g/mol. The number of hydrogen-bond acceptors (Lipinski definition) is 2. The minimum Gasteiger partial charge on any atom is -0.480 e. The molecule has 0 saturated carbocycles. The van der Waals surface area contributed by atoms with Gasteiger partial charge in [-0.15, -0.1) is 0 Å². The highest BCUT2D eigenvalue weighted by Gasteiger charge is 2.16. The number of aliphatic carboxylic acids is 1. The topological polar surface area (TPSA) is 49.3 Å². The molecule has 0 aliphatic carbocycles. The Morgan fingerprint density at radius 1 is 1.29 bits per heavy atom. The van der Waals surface area contributed by atoms with E-state index in [1.807, 2.05) is 24.3 Å². The molecule has 5 heteroatoms. The number of hydrogen-bond donors (Lipinski definition) is 1. The van der Waals surface area contributed by atoms with Crippen LogP contribution in [0.1, 0.15) is 12.5 Å². The van der Waals surface area contributed by atoms with Gasteiger partial charge in [-0.1, -0.05) is 24.3 Å². The van der Waals surface area contributed by atoms with Crippen molar-refractivity contribution in [2.45, 2.75) is 13.0 Å². The molecule has 1 N–H and O–H groups in total. The van der Waals surface area contributed by atoms with Gasteiger partial charge in [0.05, 0.1) is 0 Å². The van der Waals surface area contributed by atoms with Crippen LogP contribution in [0.25, 0.3) is 15.8 Å². The van der Waals surface area contributed by atoms with Crippen LogP contribution in [0, 0.1) is 13.1 Å². The second kappa shape index (κ2) is 7.52.